The summed E-state index contributed by atoms with van der Waals surface area (Å²) >= 11 is 0. The van der Waals surface area contributed by atoms with Crippen LogP contribution in [0.4, 0.5) is 18.9 Å². The Balaban J connectivity index is 1.46. The number of fused-ring (bicyclic) bond motifs is 1. The van der Waals surface area contributed by atoms with Crippen LogP contribution in [-0.2, 0) is 11.0 Å². The molecular formula is C32H25F3N4O4. The molecule has 4 aromatic carbocycles. The van der Waals surface area contributed by atoms with Crippen LogP contribution < -0.4 is 20.3 Å². The number of alkyl halides is 3. The molecule has 0 atom stereocenters. The molecule has 1 amide bonds. The van der Waals surface area contributed by atoms with Gasteiger partial charge in [-0.25, -0.2) is 4.98 Å². The van der Waals surface area contributed by atoms with E-state index in [1.165, 1.54) is 18.3 Å². The fourth-order valence-corrected chi connectivity index (χ4v) is 4.23. The Morgan fingerprint density at radius 1 is 0.930 bits per heavy atom. The third kappa shape index (κ3) is 6.89. The predicted molar refractivity (Wildman–Crippen MR) is 158 cm³/mol. The van der Waals surface area contributed by atoms with E-state index in [1.54, 1.807) is 73.7 Å². The van der Waals surface area contributed by atoms with Gasteiger partial charge in [0.05, 0.1) is 29.3 Å². The van der Waals surface area contributed by atoms with Crippen molar-refractivity contribution < 1.29 is 27.4 Å². The highest BCUT2D eigenvalue weighted by Gasteiger charge is 2.31. The smallest absolute Gasteiger partial charge is 0.416 e. The fraction of sp³-hybridized carbons (Fsp3) is 0.125. The summed E-state index contributed by atoms with van der Waals surface area (Å²) in [5.74, 6) is 0.238. The Bertz CT molecular complexity index is 1850. The average molecular weight is 587 g/mol. The Morgan fingerprint density at radius 3 is 2.47 bits per heavy atom. The highest BCUT2D eigenvalue weighted by molar-refractivity contribution is 5.92. The van der Waals surface area contributed by atoms with E-state index >= 15 is 0 Å². The van der Waals surface area contributed by atoms with Gasteiger partial charge in [0.1, 0.15) is 0 Å². The number of carbonyl (C=O) groups is 1. The summed E-state index contributed by atoms with van der Waals surface area (Å²) in [6, 6.07) is 24.9. The first-order chi connectivity index (χ1) is 20.7. The van der Waals surface area contributed by atoms with E-state index in [1.807, 2.05) is 6.07 Å². The molecule has 1 heterocycles. The summed E-state index contributed by atoms with van der Waals surface area (Å²) in [6.45, 7) is 1.83. The molecule has 0 radical (unpaired) electrons. The number of amides is 1. The number of hydrogen-bond acceptors (Lipinski definition) is 6. The molecule has 43 heavy (non-hydrogen) atoms. The van der Waals surface area contributed by atoms with Crippen molar-refractivity contribution in [2.75, 3.05) is 18.5 Å². The Labute approximate surface area is 244 Å². The van der Waals surface area contributed by atoms with Crippen LogP contribution in [0.1, 0.15) is 18.1 Å². The van der Waals surface area contributed by atoms with Crippen LogP contribution in [0.5, 0.6) is 11.5 Å². The van der Waals surface area contributed by atoms with Crippen LogP contribution >= 0.6 is 0 Å². The molecule has 0 saturated carbocycles. The third-order valence-corrected chi connectivity index (χ3v) is 6.21. The molecule has 0 aliphatic heterocycles. The van der Waals surface area contributed by atoms with Gasteiger partial charge in [0, 0.05) is 11.3 Å². The van der Waals surface area contributed by atoms with E-state index in [0.29, 0.717) is 34.9 Å². The number of ether oxygens (including phenoxy) is 2. The van der Waals surface area contributed by atoms with Crippen LogP contribution in [0.3, 0.4) is 0 Å². The SMILES string of the molecule is CCOc1cc(C=Nn2c(-c3cccc(C(F)(F)F)c3)nc3ccccc3c2=O)ccc1OCC(=O)Nc1ccccc1. The minimum atomic E-state index is -4.58. The molecule has 0 spiro atoms. The lowest BCUT2D eigenvalue weighted by Gasteiger charge is -2.13. The van der Waals surface area contributed by atoms with Crippen molar-refractivity contribution >= 4 is 28.7 Å². The zero-order chi connectivity index (χ0) is 30.4. The quantitative estimate of drug-likeness (QED) is 0.202. The minimum absolute atomic E-state index is 0.0551. The van der Waals surface area contributed by atoms with Gasteiger partial charge in [0.2, 0.25) is 0 Å². The molecule has 11 heteroatoms. The molecule has 0 saturated heterocycles. The molecule has 1 N–H and O–H groups in total. The van der Waals surface area contributed by atoms with Crippen molar-refractivity contribution in [3.63, 3.8) is 0 Å². The highest BCUT2D eigenvalue weighted by Crippen LogP contribution is 2.32. The van der Waals surface area contributed by atoms with Gasteiger partial charge in [0.15, 0.2) is 23.9 Å². The lowest BCUT2D eigenvalue weighted by atomic mass is 10.1. The lowest BCUT2D eigenvalue weighted by Crippen LogP contribution is -2.20. The van der Waals surface area contributed by atoms with E-state index in [-0.39, 0.29) is 29.3 Å². The van der Waals surface area contributed by atoms with Crippen molar-refractivity contribution in [1.82, 2.24) is 9.66 Å². The maximum Gasteiger partial charge on any atom is 0.416 e. The molecule has 218 valence electrons. The Hall–Kier alpha value is -5.45. The van der Waals surface area contributed by atoms with E-state index in [4.69, 9.17) is 9.47 Å². The molecular weight excluding hydrogens is 561 g/mol. The number of nitrogens with one attached hydrogen (secondary N) is 1. The van der Waals surface area contributed by atoms with E-state index in [9.17, 15) is 22.8 Å². The van der Waals surface area contributed by atoms with Crippen molar-refractivity contribution in [2.45, 2.75) is 13.1 Å². The van der Waals surface area contributed by atoms with Gasteiger partial charge in [-0.05, 0) is 67.1 Å². The number of benzene rings is 4. The van der Waals surface area contributed by atoms with Crippen LogP contribution in [0.15, 0.2) is 107 Å². The molecule has 0 aliphatic rings. The average Bonchev–Trinajstić information content (AvgIpc) is 3.00. The zero-order valence-electron chi connectivity index (χ0n) is 22.8. The molecule has 0 bridgehead atoms. The summed E-state index contributed by atoms with van der Waals surface area (Å²) in [6.07, 6.45) is -3.22. The molecule has 5 aromatic rings. The second-order valence-electron chi connectivity index (χ2n) is 9.23. The summed E-state index contributed by atoms with van der Waals surface area (Å²) in [5, 5.41) is 7.31. The topological polar surface area (TPSA) is 94.8 Å². The number of anilines is 1. The summed E-state index contributed by atoms with van der Waals surface area (Å²) in [7, 11) is 0. The van der Waals surface area contributed by atoms with Gasteiger partial charge < -0.3 is 14.8 Å². The van der Waals surface area contributed by atoms with Gasteiger partial charge in [-0.2, -0.15) is 22.9 Å². The lowest BCUT2D eigenvalue weighted by molar-refractivity contribution is -0.137. The van der Waals surface area contributed by atoms with Gasteiger partial charge >= 0.3 is 6.18 Å². The summed E-state index contributed by atoms with van der Waals surface area (Å²) in [5.41, 5.74) is 0.0985. The van der Waals surface area contributed by atoms with E-state index in [0.717, 1.165) is 16.8 Å². The van der Waals surface area contributed by atoms with Gasteiger partial charge in [-0.1, -0.05) is 42.5 Å². The van der Waals surface area contributed by atoms with Crippen LogP contribution in [-0.4, -0.2) is 35.0 Å². The van der Waals surface area contributed by atoms with Crippen LogP contribution in [0.25, 0.3) is 22.3 Å². The number of para-hydroxylation sites is 2. The number of hydrogen-bond donors (Lipinski definition) is 1. The molecule has 0 fully saturated rings. The largest absolute Gasteiger partial charge is 0.490 e. The third-order valence-electron chi connectivity index (χ3n) is 6.21. The normalized spacial score (nSPS) is 11.5. The number of aromatic nitrogens is 2. The van der Waals surface area contributed by atoms with E-state index < -0.39 is 17.3 Å². The summed E-state index contributed by atoms with van der Waals surface area (Å²) < 4.78 is 52.7. The van der Waals surface area contributed by atoms with E-state index in [2.05, 4.69) is 15.4 Å². The first-order valence-electron chi connectivity index (χ1n) is 13.2. The Kier molecular flexibility index (Phi) is 8.51. The van der Waals surface area contributed by atoms with Gasteiger partial charge in [0.25, 0.3) is 11.5 Å². The molecule has 0 aliphatic carbocycles. The monoisotopic (exact) mass is 586 g/mol. The van der Waals surface area contributed by atoms with Crippen molar-refractivity contribution in [3.05, 3.63) is 119 Å². The number of rotatable bonds is 9. The second-order valence-corrected chi connectivity index (χ2v) is 9.23. The standard InChI is InChI=1S/C32H25F3N4O4/c1-2-42-28-17-21(15-16-27(28)43-20-29(40)37-24-11-4-3-5-12-24)19-36-39-30(22-9-8-10-23(18-22)32(33,34)35)38-26-14-7-6-13-25(26)31(39)41/h3-19H,2,20H2,1H3,(H,37,40). The van der Waals surface area contributed by atoms with Gasteiger partial charge in [-0.15, -0.1) is 0 Å². The highest BCUT2D eigenvalue weighted by atomic mass is 19.4. The van der Waals surface area contributed by atoms with Crippen LogP contribution in [0.2, 0.25) is 0 Å². The second kappa shape index (κ2) is 12.6. The molecule has 1 aromatic heterocycles. The first kappa shape index (κ1) is 29.1. The van der Waals surface area contributed by atoms with Crippen LogP contribution in [0, 0.1) is 0 Å². The summed E-state index contributed by atoms with van der Waals surface area (Å²) in [4.78, 5) is 30.2. The number of nitrogens with zero attached hydrogens (tertiary/aromatic N) is 3. The van der Waals surface area contributed by atoms with Crippen molar-refractivity contribution in [3.8, 4) is 22.9 Å². The first-order valence-corrected chi connectivity index (χ1v) is 13.2. The molecule has 0 unspecified atom stereocenters. The number of halogens is 3. The molecule has 8 nitrogen and oxygen atoms in total. The van der Waals surface area contributed by atoms with Gasteiger partial charge in [-0.3, -0.25) is 9.59 Å². The minimum Gasteiger partial charge on any atom is -0.490 e. The predicted octanol–water partition coefficient (Wildman–Crippen LogP) is 6.38. The number of carbonyl (C=O) groups excluding carboxylic acids is 1. The van der Waals surface area contributed by atoms with Crippen molar-refractivity contribution in [2.24, 2.45) is 5.10 Å². The van der Waals surface area contributed by atoms with Crippen molar-refractivity contribution in [1.29, 1.82) is 0 Å². The zero-order valence-corrected chi connectivity index (χ0v) is 22.8. The maximum absolute atomic E-state index is 13.5. The molecule has 5 rings (SSSR count). The maximum atomic E-state index is 13.5. The fourth-order valence-electron chi connectivity index (χ4n) is 4.23. The Morgan fingerprint density at radius 2 is 1.70 bits per heavy atom.